The third-order valence-corrected chi connectivity index (χ3v) is 39.3. The molecule has 0 aliphatic rings. The zero-order valence-electron chi connectivity index (χ0n) is 84.7. The van der Waals surface area contributed by atoms with Gasteiger partial charge in [-0.05, 0) is 216 Å². The van der Waals surface area contributed by atoms with E-state index in [0.717, 1.165) is 62.2 Å². The van der Waals surface area contributed by atoms with Crippen LogP contribution in [0.3, 0.4) is 0 Å². The number of unbranched alkanes of at least 4 members (excludes halogenated alkanes) is 40. The van der Waals surface area contributed by atoms with E-state index in [1.165, 1.54) is 531 Å². The number of aryl methyl sites for hydroxylation is 8. The van der Waals surface area contributed by atoms with Crippen LogP contribution in [0.1, 0.15) is 511 Å². The molecule has 0 fully saturated rings. The lowest BCUT2D eigenvalue weighted by Crippen LogP contribution is -2.00. The largest absolute Gasteiger partial charge is 0.240 e. The van der Waals surface area contributed by atoms with Crippen LogP contribution in [0.4, 0.5) is 0 Å². The van der Waals surface area contributed by atoms with Crippen LogP contribution < -0.4 is 0 Å². The number of aromatic nitrogens is 4. The van der Waals surface area contributed by atoms with Crippen LogP contribution in [0.15, 0.2) is 42.6 Å². The molecule has 728 valence electrons. The molecule has 4 atom stereocenters. The number of hydrogen-bond acceptors (Lipinski definition) is 12. The third-order valence-electron chi connectivity index (χ3n) is 28.8. The van der Waals surface area contributed by atoms with Crippen molar-refractivity contribution in [1.29, 1.82) is 0 Å². The molecule has 8 heterocycles. The van der Waals surface area contributed by atoms with Gasteiger partial charge < -0.3 is 0 Å². The summed E-state index contributed by atoms with van der Waals surface area (Å²) in [5.41, 5.74) is 16.4. The van der Waals surface area contributed by atoms with Gasteiger partial charge in [-0.1, -0.05) is 417 Å². The third kappa shape index (κ3) is 37.7. The molecule has 14 heteroatoms. The lowest BCUT2D eigenvalue weighted by Gasteiger charge is -2.12. The second-order valence-electron chi connectivity index (χ2n) is 39.6. The quantitative estimate of drug-likeness (QED) is 0.0357. The lowest BCUT2D eigenvalue weighted by atomic mass is 9.94. The first-order valence-electron chi connectivity index (χ1n) is 55.1. The highest BCUT2D eigenvalue weighted by atomic mass is 79.9. The van der Waals surface area contributed by atoms with Gasteiger partial charge in [0.15, 0.2) is 0 Å². The van der Waals surface area contributed by atoms with E-state index in [-0.39, 0.29) is 0 Å². The molecule has 4 nitrogen and oxygen atoms in total. The average molecular weight is 2050 g/mol. The van der Waals surface area contributed by atoms with Crippen molar-refractivity contribution in [3.63, 3.8) is 0 Å². The molecular weight excluding hydrogens is 1870 g/mol. The van der Waals surface area contributed by atoms with Gasteiger partial charge in [0.05, 0.1) is 68.5 Å². The van der Waals surface area contributed by atoms with Crippen LogP contribution in [0, 0.1) is 23.7 Å². The summed E-state index contributed by atoms with van der Waals surface area (Å²) < 4.78 is 8.12. The maximum atomic E-state index is 5.73. The molecule has 0 aliphatic carbocycles. The monoisotopic (exact) mass is 2050 g/mol. The van der Waals surface area contributed by atoms with Gasteiger partial charge in [-0.3, -0.25) is 0 Å². The summed E-state index contributed by atoms with van der Waals surface area (Å²) in [5, 5.41) is 10.2. The molecule has 130 heavy (non-hydrogen) atoms. The summed E-state index contributed by atoms with van der Waals surface area (Å²) in [4.78, 5) is 28.4. The van der Waals surface area contributed by atoms with Crippen molar-refractivity contribution in [2.24, 2.45) is 23.7 Å². The summed E-state index contributed by atoms with van der Waals surface area (Å²) in [6.07, 6.45) is 90.2. The Hall–Kier alpha value is -2.24. The number of benzene rings is 2. The van der Waals surface area contributed by atoms with Crippen molar-refractivity contribution in [2.75, 3.05) is 0 Å². The van der Waals surface area contributed by atoms with Crippen LogP contribution in [0.25, 0.3) is 82.6 Å². The Morgan fingerprint density at radius 3 is 0.669 bits per heavy atom. The van der Waals surface area contributed by atoms with Crippen LogP contribution in [0.5, 0.6) is 0 Å². The fourth-order valence-corrected chi connectivity index (χ4v) is 30.5. The number of fused-ring (bicyclic) bond motifs is 4. The summed E-state index contributed by atoms with van der Waals surface area (Å²) in [6, 6.07) is 10.2. The van der Waals surface area contributed by atoms with Crippen molar-refractivity contribution in [3.05, 3.63) is 84.9 Å². The standard InChI is InChI=1S/C58H90Br2N2S4.C58H92N2S4/c1-7-13-17-19-21-23-25-27-29-31-35-45-41-47(63-57(45)59)51-53-56(66-49(61-53)39-37-43(11-5)33-15-9-3)52(54-55(51)65-50(62-54)40-38-44(12-6)34-16-10-4)48-42-46(58(60)64-48)36-32-30-28-26-24-22-20-18-14-8-2;1-7-13-17-19-21-23-25-27-29-31-35-47-41-49(61-43-47)53-55-58(64-51(59-55)39-37-45(11-5)33-15-9-3)54(56-57(53)63-52(60-56)40-38-46(12-6)34-16-10-4)50-42-48(44-62-50)36-32-30-28-26-24-22-20-18-14-8-2/h41-44H,7-40H2,1-6H3;41-46H,7-40H2,1-6H3. The predicted octanol–water partition coefficient (Wildman–Crippen LogP) is 44.7. The second kappa shape index (κ2) is 66.4. The molecule has 0 saturated heterocycles. The minimum Gasteiger partial charge on any atom is -0.240 e. The van der Waals surface area contributed by atoms with E-state index in [0.29, 0.717) is 0 Å². The van der Waals surface area contributed by atoms with Crippen molar-refractivity contribution < 1.29 is 0 Å². The summed E-state index contributed by atoms with van der Waals surface area (Å²) >= 11 is 24.0. The summed E-state index contributed by atoms with van der Waals surface area (Å²) in [7, 11) is 0. The molecule has 10 aromatic rings. The Morgan fingerprint density at radius 2 is 0.438 bits per heavy atom. The maximum absolute atomic E-state index is 5.73. The van der Waals surface area contributed by atoms with E-state index in [9.17, 15) is 0 Å². The molecule has 8 aromatic heterocycles. The van der Waals surface area contributed by atoms with E-state index in [1.807, 2.05) is 90.7 Å². The number of halogens is 2. The molecule has 0 saturated carbocycles. The normalized spacial score (nSPS) is 13.0. The van der Waals surface area contributed by atoms with E-state index in [2.05, 4.69) is 150 Å². The van der Waals surface area contributed by atoms with E-state index in [4.69, 9.17) is 19.9 Å². The Bertz CT molecular complexity index is 4210. The highest BCUT2D eigenvalue weighted by Gasteiger charge is 2.30. The molecule has 0 bridgehead atoms. The molecule has 0 amide bonds. The molecule has 0 aliphatic heterocycles. The Morgan fingerprint density at radius 1 is 0.223 bits per heavy atom. The van der Waals surface area contributed by atoms with Gasteiger partial charge in [0.1, 0.15) is 0 Å². The highest BCUT2D eigenvalue weighted by Crippen LogP contribution is 2.54. The lowest BCUT2D eigenvalue weighted by molar-refractivity contribution is 0.421. The second-order valence-corrected chi connectivity index (χ2v) is 50.5. The van der Waals surface area contributed by atoms with Gasteiger partial charge in [0.2, 0.25) is 0 Å². The van der Waals surface area contributed by atoms with Crippen LogP contribution in [-0.2, 0) is 51.4 Å². The summed E-state index contributed by atoms with van der Waals surface area (Å²) in [5.74, 6) is 3.13. The zero-order chi connectivity index (χ0) is 92.1. The smallest absolute Gasteiger partial charge is 0.0939 e. The maximum Gasteiger partial charge on any atom is 0.0939 e. The fourth-order valence-electron chi connectivity index (χ4n) is 20.0. The van der Waals surface area contributed by atoms with Crippen LogP contribution in [0.2, 0.25) is 0 Å². The molecular formula is C116H182Br2N4S8. The molecule has 2 aromatic carbocycles. The number of nitrogens with zero attached hydrogens (tertiary/aromatic N) is 4. The number of thiophene rings is 4. The Balaban J connectivity index is 0.000000293. The topological polar surface area (TPSA) is 51.6 Å². The molecule has 0 radical (unpaired) electrons. The van der Waals surface area contributed by atoms with Crippen molar-refractivity contribution in [3.8, 4) is 41.8 Å². The molecule has 4 unspecified atom stereocenters. The number of hydrogen-bond donors (Lipinski definition) is 0. The van der Waals surface area contributed by atoms with E-state index in [1.54, 1.807) is 0 Å². The molecule has 0 spiro atoms. The average Bonchev–Trinajstić information content (AvgIpc) is 1.57. The first-order valence-corrected chi connectivity index (χ1v) is 63.3. The molecule has 0 N–H and O–H groups in total. The zero-order valence-corrected chi connectivity index (χ0v) is 94.4. The summed E-state index contributed by atoms with van der Waals surface area (Å²) in [6.45, 7) is 28.2. The Kier molecular flexibility index (Phi) is 56.9. The fraction of sp³-hybridized carbons (Fsp3) is 0.724. The minimum atomic E-state index is 0.774. The van der Waals surface area contributed by atoms with Crippen LogP contribution in [-0.4, -0.2) is 19.9 Å². The first kappa shape index (κ1) is 111. The first-order chi connectivity index (χ1) is 63.9. The van der Waals surface area contributed by atoms with Gasteiger partial charge >= 0.3 is 0 Å². The van der Waals surface area contributed by atoms with Gasteiger partial charge in [-0.15, -0.1) is 90.7 Å². The Labute approximate surface area is 845 Å². The van der Waals surface area contributed by atoms with Crippen molar-refractivity contribution >= 4 is 163 Å². The predicted molar refractivity (Wildman–Crippen MR) is 603 cm³/mol. The van der Waals surface area contributed by atoms with Gasteiger partial charge in [-0.2, -0.15) is 0 Å². The highest BCUT2D eigenvalue weighted by molar-refractivity contribution is 9.11. The van der Waals surface area contributed by atoms with E-state index >= 15 is 0 Å². The van der Waals surface area contributed by atoms with Crippen molar-refractivity contribution in [1.82, 2.24) is 19.9 Å². The van der Waals surface area contributed by atoms with E-state index < -0.39 is 0 Å². The van der Waals surface area contributed by atoms with Crippen LogP contribution >= 0.6 is 123 Å². The SMILES string of the molecule is CCCCCCCCCCCCc1cc(-c2c3nc(CCC(CC)CCCC)sc3c(-c3cc(CCCCCCCCCCCC)c(Br)s3)c3nc(CCC(CC)CCCC)sc23)sc1Br.CCCCCCCCCCCCc1csc(-c2c3nc(CCC(CC)CCCC)sc3c(-c3cc(CCCCCCCCCCCC)cs3)c3nc(CCC(CC)CCCC)sc23)c1. The van der Waals surface area contributed by atoms with Gasteiger partial charge in [0.25, 0.3) is 0 Å². The minimum absolute atomic E-state index is 0.774. The van der Waals surface area contributed by atoms with Gasteiger partial charge in [-0.25, -0.2) is 19.9 Å². The van der Waals surface area contributed by atoms with Crippen molar-refractivity contribution in [2.45, 2.75) is 520 Å². The molecule has 10 rings (SSSR count). The number of thiazole rings is 4. The number of rotatable bonds is 76. The van der Waals surface area contributed by atoms with Gasteiger partial charge in [0, 0.05) is 41.8 Å².